The largest absolute Gasteiger partial charge is 0.394 e. The second-order valence-corrected chi connectivity index (χ2v) is 12.4. The van der Waals surface area contributed by atoms with E-state index < -0.39 is 35.6 Å². The van der Waals surface area contributed by atoms with Gasteiger partial charge in [-0.1, -0.05) is 80.1 Å². The van der Waals surface area contributed by atoms with Gasteiger partial charge in [0.25, 0.3) is 5.91 Å². The number of halogens is 1. The fraction of sp³-hybridized carbons (Fsp3) is 0.441. The van der Waals surface area contributed by atoms with E-state index in [0.29, 0.717) is 36.6 Å². The number of amides is 3. The lowest BCUT2D eigenvalue weighted by molar-refractivity contribution is -0.148. The summed E-state index contributed by atoms with van der Waals surface area (Å²) in [5, 5.41) is 10.9. The maximum atomic E-state index is 14.7. The van der Waals surface area contributed by atoms with Crippen LogP contribution in [0.5, 0.6) is 0 Å². The summed E-state index contributed by atoms with van der Waals surface area (Å²) in [6.07, 6.45) is 3.79. The van der Waals surface area contributed by atoms with Gasteiger partial charge in [0.2, 0.25) is 11.8 Å². The molecule has 5 rings (SSSR count). The summed E-state index contributed by atoms with van der Waals surface area (Å²) >= 11 is 6.56. The van der Waals surface area contributed by atoms with Crippen LogP contribution in [0.4, 0.5) is 5.69 Å². The zero-order valence-electron chi connectivity index (χ0n) is 24.8. The van der Waals surface area contributed by atoms with Crippen molar-refractivity contribution in [2.45, 2.75) is 57.0 Å². The van der Waals surface area contributed by atoms with Crippen LogP contribution >= 0.6 is 11.6 Å². The number of fused-ring (bicyclic) bond motifs is 1. The van der Waals surface area contributed by atoms with Crippen molar-refractivity contribution in [3.63, 3.8) is 0 Å². The minimum Gasteiger partial charge on any atom is -0.394 e. The predicted octanol–water partition coefficient (Wildman–Crippen LogP) is 4.47. The summed E-state index contributed by atoms with van der Waals surface area (Å²) < 4.78 is 6.68. The molecule has 0 aliphatic carbocycles. The molecule has 3 heterocycles. The Morgan fingerprint density at radius 3 is 2.40 bits per heavy atom. The average molecular weight is 606 g/mol. The SMILES string of the molecule is C=CCN(Cc1ccccc1)C(=O)[C@@H]1[C@H]2C(=O)N([C@@H](CO)C(C)C)C(C(=O)N(CC=C)c3ccccc3Cl)C23CC[C@H]1O3. The summed E-state index contributed by atoms with van der Waals surface area (Å²) in [6, 6.07) is 15.0. The normalized spacial score (nSPS) is 26.3. The first-order valence-electron chi connectivity index (χ1n) is 14.9. The smallest absolute Gasteiger partial charge is 0.253 e. The predicted molar refractivity (Wildman–Crippen MR) is 166 cm³/mol. The number of para-hydroxylation sites is 1. The standard InChI is InChI=1S/C34H40ClN3O5/c1-5-18-36(20-23-12-8-7-9-13-23)31(40)28-27-16-17-34(43-27)29(28)32(41)38(26(21-39)22(3)4)30(34)33(42)37(19-6-2)25-15-11-10-14-24(25)35/h5-15,22,26-30,39H,1-2,16-21H2,3-4H3/t26-,27+,28-,29-,30?,34?/m0/s1. The molecule has 3 saturated heterocycles. The molecule has 3 aliphatic heterocycles. The molecule has 228 valence electrons. The van der Waals surface area contributed by atoms with Gasteiger partial charge >= 0.3 is 0 Å². The van der Waals surface area contributed by atoms with Gasteiger partial charge < -0.3 is 24.5 Å². The maximum absolute atomic E-state index is 14.7. The molecule has 2 unspecified atom stereocenters. The number of anilines is 1. The number of hydrogen-bond donors (Lipinski definition) is 1. The van der Waals surface area contributed by atoms with Gasteiger partial charge in [0.05, 0.1) is 41.3 Å². The Bertz CT molecular complexity index is 1380. The third kappa shape index (κ3) is 5.30. The topological polar surface area (TPSA) is 90.4 Å². The van der Waals surface area contributed by atoms with Gasteiger partial charge in [0, 0.05) is 19.6 Å². The zero-order valence-corrected chi connectivity index (χ0v) is 25.5. The molecule has 0 radical (unpaired) electrons. The van der Waals surface area contributed by atoms with E-state index in [1.54, 1.807) is 41.3 Å². The summed E-state index contributed by atoms with van der Waals surface area (Å²) in [4.78, 5) is 48.3. The summed E-state index contributed by atoms with van der Waals surface area (Å²) in [5.74, 6) is -2.67. The van der Waals surface area contributed by atoms with Gasteiger partial charge in [0.1, 0.15) is 11.6 Å². The van der Waals surface area contributed by atoms with E-state index in [0.717, 1.165) is 5.56 Å². The van der Waals surface area contributed by atoms with E-state index in [1.165, 1.54) is 9.80 Å². The highest BCUT2D eigenvalue weighted by atomic mass is 35.5. The van der Waals surface area contributed by atoms with Gasteiger partial charge in [0.15, 0.2) is 0 Å². The summed E-state index contributed by atoms with van der Waals surface area (Å²) in [6.45, 7) is 12.0. The molecule has 2 aromatic rings. The van der Waals surface area contributed by atoms with Crippen LogP contribution in [-0.2, 0) is 25.7 Å². The lowest BCUT2D eigenvalue weighted by atomic mass is 9.70. The average Bonchev–Trinajstić information content (AvgIpc) is 3.64. The van der Waals surface area contributed by atoms with Crippen LogP contribution in [0.15, 0.2) is 79.9 Å². The monoisotopic (exact) mass is 605 g/mol. The molecule has 3 aliphatic rings. The molecule has 1 spiro atoms. The quantitative estimate of drug-likeness (QED) is 0.361. The third-order valence-corrected chi connectivity index (χ3v) is 9.49. The number of aliphatic hydroxyl groups is 1. The number of likely N-dealkylation sites (tertiary alicyclic amines) is 1. The van der Waals surface area contributed by atoms with Gasteiger partial charge in [-0.3, -0.25) is 14.4 Å². The molecule has 3 fully saturated rings. The second kappa shape index (κ2) is 12.6. The molecule has 0 aromatic heterocycles. The molecule has 8 nitrogen and oxygen atoms in total. The Kier molecular flexibility index (Phi) is 9.11. The third-order valence-electron chi connectivity index (χ3n) is 9.17. The highest BCUT2D eigenvalue weighted by Gasteiger charge is 2.75. The van der Waals surface area contributed by atoms with Crippen LogP contribution in [0.1, 0.15) is 32.3 Å². The van der Waals surface area contributed by atoms with Crippen LogP contribution in [0.25, 0.3) is 0 Å². The summed E-state index contributed by atoms with van der Waals surface area (Å²) in [7, 11) is 0. The number of nitrogens with zero attached hydrogens (tertiary/aromatic N) is 3. The van der Waals surface area contributed by atoms with E-state index in [-0.39, 0.29) is 36.8 Å². The highest BCUT2D eigenvalue weighted by molar-refractivity contribution is 6.34. The van der Waals surface area contributed by atoms with Crippen molar-refractivity contribution in [3.05, 3.63) is 90.5 Å². The molecule has 2 bridgehead atoms. The van der Waals surface area contributed by atoms with Crippen molar-refractivity contribution < 1.29 is 24.2 Å². The fourth-order valence-corrected chi connectivity index (χ4v) is 7.52. The van der Waals surface area contributed by atoms with Crippen molar-refractivity contribution >= 4 is 35.0 Å². The van der Waals surface area contributed by atoms with Crippen LogP contribution in [-0.4, -0.2) is 76.1 Å². The van der Waals surface area contributed by atoms with Crippen molar-refractivity contribution in [2.24, 2.45) is 17.8 Å². The number of carbonyl (C=O) groups is 3. The number of rotatable bonds is 12. The first-order chi connectivity index (χ1) is 20.7. The number of aliphatic hydroxyl groups excluding tert-OH is 1. The van der Waals surface area contributed by atoms with Crippen LogP contribution in [0.3, 0.4) is 0 Å². The minimum absolute atomic E-state index is 0.156. The van der Waals surface area contributed by atoms with Crippen LogP contribution < -0.4 is 4.90 Å². The maximum Gasteiger partial charge on any atom is 0.253 e. The number of carbonyl (C=O) groups excluding carboxylic acids is 3. The Hall–Kier alpha value is -3.46. The van der Waals surface area contributed by atoms with Gasteiger partial charge in [-0.15, -0.1) is 13.2 Å². The number of hydrogen-bond acceptors (Lipinski definition) is 5. The van der Waals surface area contributed by atoms with E-state index in [4.69, 9.17) is 16.3 Å². The van der Waals surface area contributed by atoms with Gasteiger partial charge in [-0.05, 0) is 36.5 Å². The molecule has 2 aromatic carbocycles. The molecule has 43 heavy (non-hydrogen) atoms. The summed E-state index contributed by atoms with van der Waals surface area (Å²) in [5.41, 5.74) is 0.241. The van der Waals surface area contributed by atoms with Crippen molar-refractivity contribution in [1.29, 1.82) is 0 Å². The fourth-order valence-electron chi connectivity index (χ4n) is 7.29. The molecular formula is C34H40ClN3O5. The van der Waals surface area contributed by atoms with E-state index in [9.17, 15) is 19.5 Å². The Morgan fingerprint density at radius 1 is 1.09 bits per heavy atom. The Balaban J connectivity index is 1.58. The molecule has 1 N–H and O–H groups in total. The highest BCUT2D eigenvalue weighted by Crippen LogP contribution is 2.59. The first kappa shape index (κ1) is 31.0. The first-order valence-corrected chi connectivity index (χ1v) is 15.3. The van der Waals surface area contributed by atoms with E-state index in [2.05, 4.69) is 13.2 Å². The van der Waals surface area contributed by atoms with Gasteiger partial charge in [-0.25, -0.2) is 0 Å². The Morgan fingerprint density at radius 2 is 1.77 bits per heavy atom. The molecule has 6 atom stereocenters. The lowest BCUT2D eigenvalue weighted by Crippen LogP contribution is -2.59. The van der Waals surface area contributed by atoms with E-state index in [1.807, 2.05) is 44.2 Å². The molecule has 9 heteroatoms. The Labute approximate surface area is 258 Å². The molecular weight excluding hydrogens is 566 g/mol. The molecule has 0 saturated carbocycles. The lowest BCUT2D eigenvalue weighted by Gasteiger charge is -2.40. The van der Waals surface area contributed by atoms with Crippen molar-refractivity contribution in [2.75, 3.05) is 24.6 Å². The zero-order chi connectivity index (χ0) is 30.9. The van der Waals surface area contributed by atoms with Crippen molar-refractivity contribution in [3.8, 4) is 0 Å². The second-order valence-electron chi connectivity index (χ2n) is 12.0. The molecule has 3 amide bonds. The van der Waals surface area contributed by atoms with Gasteiger partial charge in [-0.2, -0.15) is 0 Å². The van der Waals surface area contributed by atoms with Crippen molar-refractivity contribution in [1.82, 2.24) is 9.80 Å². The van der Waals surface area contributed by atoms with Crippen LogP contribution in [0, 0.1) is 17.8 Å². The number of benzene rings is 2. The van der Waals surface area contributed by atoms with E-state index >= 15 is 0 Å². The minimum atomic E-state index is -1.21. The van der Waals surface area contributed by atoms with Crippen LogP contribution in [0.2, 0.25) is 5.02 Å². The number of ether oxygens (including phenoxy) is 1.